The fourth-order valence-electron chi connectivity index (χ4n) is 1.85. The predicted octanol–water partition coefficient (Wildman–Crippen LogP) is 2.25. The molecule has 0 spiro atoms. The third-order valence-corrected chi connectivity index (χ3v) is 2.83. The fourth-order valence-corrected chi connectivity index (χ4v) is 1.85. The van der Waals surface area contributed by atoms with E-state index in [2.05, 4.69) is 0 Å². The van der Waals surface area contributed by atoms with Crippen LogP contribution in [0.2, 0.25) is 0 Å². The van der Waals surface area contributed by atoms with Gasteiger partial charge in [-0.15, -0.1) is 0 Å². The lowest BCUT2D eigenvalue weighted by Crippen LogP contribution is -2.29. The Kier molecular flexibility index (Phi) is 3.04. The van der Waals surface area contributed by atoms with Crippen LogP contribution in [0, 0.1) is 5.92 Å². The molecule has 3 nitrogen and oxygen atoms in total. The minimum absolute atomic E-state index is 0.0312. The van der Waals surface area contributed by atoms with Gasteiger partial charge in [0.15, 0.2) is 5.78 Å². The van der Waals surface area contributed by atoms with Crippen molar-refractivity contribution in [1.82, 2.24) is 0 Å². The molecule has 3 heteroatoms. The molecule has 0 bridgehead atoms. The summed E-state index contributed by atoms with van der Waals surface area (Å²) in [4.78, 5) is 23.4. The van der Waals surface area contributed by atoms with Crippen LogP contribution in [0.25, 0.3) is 0 Å². The highest BCUT2D eigenvalue weighted by Crippen LogP contribution is 2.28. The highest BCUT2D eigenvalue weighted by molar-refractivity contribution is 6.03. The van der Waals surface area contributed by atoms with E-state index in [1.807, 2.05) is 19.1 Å². The van der Waals surface area contributed by atoms with Crippen molar-refractivity contribution in [3.8, 4) is 5.75 Å². The van der Waals surface area contributed by atoms with E-state index in [4.69, 9.17) is 4.74 Å². The maximum absolute atomic E-state index is 12.0. The van der Waals surface area contributed by atoms with Gasteiger partial charge < -0.3 is 4.74 Å². The van der Waals surface area contributed by atoms with E-state index in [9.17, 15) is 9.59 Å². The number of fused-ring (bicyclic) bond motifs is 1. The molecule has 1 aromatic rings. The fraction of sp³-hybridized carbons (Fsp3) is 0.385. The first kappa shape index (κ1) is 10.9. The second-order valence-electron chi connectivity index (χ2n) is 3.96. The number of Topliss-reactive ketones (excluding diaryl/α,β-unsaturated/α-hetero) is 2. The summed E-state index contributed by atoms with van der Waals surface area (Å²) in [5.74, 6) is 0.472. The molecule has 0 saturated carbocycles. The monoisotopic (exact) mass is 218 g/mol. The summed E-state index contributed by atoms with van der Waals surface area (Å²) in [6.07, 6.45) is 0.773. The molecule has 16 heavy (non-hydrogen) atoms. The first-order valence-electron chi connectivity index (χ1n) is 5.50. The Labute approximate surface area is 94.4 Å². The number of carbonyl (C=O) groups is 2. The Morgan fingerprint density at radius 2 is 2.19 bits per heavy atom. The van der Waals surface area contributed by atoms with Crippen LogP contribution in [-0.2, 0) is 4.79 Å². The maximum atomic E-state index is 12.0. The Hall–Kier alpha value is -1.64. The molecule has 1 atom stereocenters. The highest BCUT2D eigenvalue weighted by Gasteiger charge is 2.29. The van der Waals surface area contributed by atoms with Crippen LogP contribution in [0.3, 0.4) is 0 Å². The quantitative estimate of drug-likeness (QED) is 0.781. The lowest BCUT2D eigenvalue weighted by atomic mass is 9.90. The molecule has 1 aliphatic heterocycles. The summed E-state index contributed by atoms with van der Waals surface area (Å²) in [7, 11) is 0. The third-order valence-electron chi connectivity index (χ3n) is 2.83. The van der Waals surface area contributed by atoms with Crippen molar-refractivity contribution in [2.24, 2.45) is 5.92 Å². The van der Waals surface area contributed by atoms with Crippen molar-refractivity contribution in [1.29, 1.82) is 0 Å². The molecule has 0 fully saturated rings. The summed E-state index contributed by atoms with van der Waals surface area (Å²) < 4.78 is 5.48. The van der Waals surface area contributed by atoms with E-state index in [1.165, 1.54) is 0 Å². The number of hydrogen-bond donors (Lipinski definition) is 0. The van der Waals surface area contributed by atoms with E-state index in [0.717, 1.165) is 0 Å². The number of ketones is 2. The second-order valence-corrected chi connectivity index (χ2v) is 3.96. The normalized spacial score (nSPS) is 18.8. The van der Waals surface area contributed by atoms with E-state index >= 15 is 0 Å². The second kappa shape index (κ2) is 4.47. The first-order valence-corrected chi connectivity index (χ1v) is 5.50. The van der Waals surface area contributed by atoms with Gasteiger partial charge in [-0.1, -0.05) is 19.1 Å². The van der Waals surface area contributed by atoms with Crippen molar-refractivity contribution >= 4 is 11.6 Å². The molecule has 1 heterocycles. The van der Waals surface area contributed by atoms with Gasteiger partial charge >= 0.3 is 0 Å². The first-order chi connectivity index (χ1) is 7.72. The van der Waals surface area contributed by atoms with Crippen molar-refractivity contribution in [2.75, 3.05) is 6.61 Å². The number of carbonyl (C=O) groups excluding carboxylic acids is 2. The van der Waals surface area contributed by atoms with Crippen LogP contribution in [-0.4, -0.2) is 18.2 Å². The molecular formula is C13H14O3. The largest absolute Gasteiger partial charge is 0.492 e. The summed E-state index contributed by atoms with van der Waals surface area (Å²) in [6.45, 7) is 2.13. The van der Waals surface area contributed by atoms with Crippen LogP contribution in [0.5, 0.6) is 5.75 Å². The van der Waals surface area contributed by atoms with Crippen molar-refractivity contribution in [3.63, 3.8) is 0 Å². The molecule has 0 radical (unpaired) electrons. The topological polar surface area (TPSA) is 43.4 Å². The van der Waals surface area contributed by atoms with E-state index in [-0.39, 0.29) is 17.5 Å². The Morgan fingerprint density at radius 1 is 1.44 bits per heavy atom. The van der Waals surface area contributed by atoms with Crippen molar-refractivity contribution in [2.45, 2.75) is 19.8 Å². The van der Waals surface area contributed by atoms with Crippen molar-refractivity contribution < 1.29 is 14.3 Å². The van der Waals surface area contributed by atoms with Crippen LogP contribution in [0.15, 0.2) is 24.3 Å². The number of para-hydroxylation sites is 1. The standard InChI is InChI=1S/C13H14O3/c1-2-10(14)7-9-8-16-12-6-4-3-5-11(12)13(9)15/h3-6,9H,2,7-8H2,1H3/t9-/m1/s1. The lowest BCUT2D eigenvalue weighted by molar-refractivity contribution is -0.119. The number of rotatable bonds is 3. The number of hydrogen-bond acceptors (Lipinski definition) is 3. The predicted molar refractivity (Wildman–Crippen MR) is 59.7 cm³/mol. The van der Waals surface area contributed by atoms with E-state index in [0.29, 0.717) is 30.8 Å². The zero-order valence-electron chi connectivity index (χ0n) is 9.23. The molecule has 0 N–H and O–H groups in total. The third kappa shape index (κ3) is 1.98. The van der Waals surface area contributed by atoms with Gasteiger partial charge in [0.05, 0.1) is 18.1 Å². The summed E-state index contributed by atoms with van der Waals surface area (Å²) in [6, 6.07) is 7.18. The molecule has 0 aliphatic carbocycles. The van der Waals surface area contributed by atoms with Crippen LogP contribution in [0.4, 0.5) is 0 Å². The van der Waals surface area contributed by atoms with Gasteiger partial charge in [0.2, 0.25) is 0 Å². The maximum Gasteiger partial charge on any atom is 0.173 e. The van der Waals surface area contributed by atoms with Crippen LogP contribution >= 0.6 is 0 Å². The van der Waals surface area contributed by atoms with Gasteiger partial charge in [-0.3, -0.25) is 9.59 Å². The van der Waals surface area contributed by atoms with Gasteiger partial charge in [-0.05, 0) is 12.1 Å². The summed E-state index contributed by atoms with van der Waals surface area (Å²) in [5.41, 5.74) is 0.600. The van der Waals surface area contributed by atoms with Crippen LogP contribution in [0.1, 0.15) is 30.1 Å². The Morgan fingerprint density at radius 3 is 2.94 bits per heavy atom. The smallest absolute Gasteiger partial charge is 0.173 e. The molecule has 0 aromatic heterocycles. The zero-order chi connectivity index (χ0) is 11.5. The molecule has 84 valence electrons. The molecular weight excluding hydrogens is 204 g/mol. The summed E-state index contributed by atoms with van der Waals surface area (Å²) >= 11 is 0. The number of benzene rings is 1. The van der Waals surface area contributed by atoms with E-state index in [1.54, 1.807) is 12.1 Å². The minimum Gasteiger partial charge on any atom is -0.492 e. The van der Waals surface area contributed by atoms with E-state index < -0.39 is 0 Å². The Bertz CT molecular complexity index is 423. The molecule has 0 saturated heterocycles. The number of ether oxygens (including phenoxy) is 1. The van der Waals surface area contributed by atoms with Gasteiger partial charge in [0.25, 0.3) is 0 Å². The van der Waals surface area contributed by atoms with Crippen LogP contribution < -0.4 is 4.74 Å². The zero-order valence-corrected chi connectivity index (χ0v) is 9.23. The summed E-state index contributed by atoms with van der Waals surface area (Å²) in [5, 5.41) is 0. The molecule has 0 unspecified atom stereocenters. The van der Waals surface area contributed by atoms with Crippen molar-refractivity contribution in [3.05, 3.63) is 29.8 Å². The molecule has 0 amide bonds. The molecule has 2 rings (SSSR count). The minimum atomic E-state index is -0.303. The van der Waals surface area contributed by atoms with Gasteiger partial charge in [0.1, 0.15) is 11.5 Å². The Balaban J connectivity index is 2.18. The van der Waals surface area contributed by atoms with Gasteiger partial charge in [-0.2, -0.15) is 0 Å². The van der Waals surface area contributed by atoms with Gasteiger partial charge in [0, 0.05) is 12.8 Å². The average molecular weight is 218 g/mol. The molecule has 1 aromatic carbocycles. The highest BCUT2D eigenvalue weighted by atomic mass is 16.5. The SMILES string of the molecule is CCC(=O)C[C@@H]1COc2ccccc2C1=O. The van der Waals surface area contributed by atoms with Gasteiger partial charge in [-0.25, -0.2) is 0 Å². The average Bonchev–Trinajstić information content (AvgIpc) is 2.33. The lowest BCUT2D eigenvalue weighted by Gasteiger charge is -2.23. The molecule has 1 aliphatic rings.